The third-order valence-electron chi connectivity index (χ3n) is 4.09. The highest BCUT2D eigenvalue weighted by atomic mass is 16.5. The Bertz CT molecular complexity index is 457. The molecule has 0 radical (unpaired) electrons. The van der Waals surface area contributed by atoms with E-state index in [0.29, 0.717) is 6.61 Å². The molecule has 0 amide bonds. The first-order valence-corrected chi connectivity index (χ1v) is 8.31. The van der Waals surface area contributed by atoms with E-state index < -0.39 is 0 Å². The number of benzene rings is 1. The zero-order valence-corrected chi connectivity index (χ0v) is 13.1. The van der Waals surface area contributed by atoms with Crippen molar-refractivity contribution in [3.63, 3.8) is 0 Å². The number of hydrogen-bond acceptors (Lipinski definition) is 3. The fourth-order valence-corrected chi connectivity index (χ4v) is 2.85. The van der Waals surface area contributed by atoms with Crippen molar-refractivity contribution in [3.05, 3.63) is 34.9 Å². The molecule has 1 aliphatic rings. The summed E-state index contributed by atoms with van der Waals surface area (Å²) < 4.78 is 5.44. The van der Waals surface area contributed by atoms with Crippen molar-refractivity contribution in [3.8, 4) is 0 Å². The lowest BCUT2D eigenvalue weighted by atomic mass is 9.95. The fraction of sp³-hybridized carbons (Fsp3) is 0.611. The van der Waals surface area contributed by atoms with Gasteiger partial charge in [-0.25, -0.2) is 4.79 Å². The largest absolute Gasteiger partial charge is 0.462 e. The topological polar surface area (TPSA) is 38.3 Å². The third kappa shape index (κ3) is 4.85. The van der Waals surface area contributed by atoms with Gasteiger partial charge in [-0.05, 0) is 36.6 Å². The van der Waals surface area contributed by atoms with Crippen molar-refractivity contribution >= 4 is 5.97 Å². The maximum atomic E-state index is 12.2. The predicted octanol–water partition coefficient (Wildman–Crippen LogP) is 3.85. The van der Waals surface area contributed by atoms with Crippen LogP contribution in [0.15, 0.2) is 18.2 Å². The van der Waals surface area contributed by atoms with Crippen LogP contribution in [-0.4, -0.2) is 19.1 Å². The molecule has 1 aliphatic heterocycles. The summed E-state index contributed by atoms with van der Waals surface area (Å²) in [7, 11) is 0. The highest BCUT2D eigenvalue weighted by Gasteiger charge is 2.17. The number of carbonyl (C=O) groups is 1. The van der Waals surface area contributed by atoms with Crippen LogP contribution in [0.5, 0.6) is 0 Å². The lowest BCUT2D eigenvalue weighted by molar-refractivity contribution is 0.0496. The molecule has 1 heterocycles. The molecular weight excluding hydrogens is 262 g/mol. The second-order valence-corrected chi connectivity index (χ2v) is 5.77. The Balaban J connectivity index is 1.76. The number of ether oxygens (including phenoxy) is 1. The van der Waals surface area contributed by atoms with Crippen LogP contribution < -0.4 is 5.32 Å². The maximum absolute atomic E-state index is 12.2. The number of unbranched alkanes of at least 4 members (excludes halogenated alkanes) is 5. The SMILES string of the molecule is CCCCCCCCOC(=O)c1cccc2c1CCNC2. The smallest absolute Gasteiger partial charge is 0.338 e. The normalized spacial score (nSPS) is 13.8. The Kier molecular flexibility index (Phi) is 6.74. The van der Waals surface area contributed by atoms with Crippen LogP contribution in [0.1, 0.15) is 66.9 Å². The van der Waals surface area contributed by atoms with E-state index in [1.165, 1.54) is 36.8 Å². The number of carbonyl (C=O) groups excluding carboxylic acids is 1. The first kappa shape index (κ1) is 16.0. The van der Waals surface area contributed by atoms with E-state index in [9.17, 15) is 4.79 Å². The van der Waals surface area contributed by atoms with Crippen molar-refractivity contribution in [2.45, 2.75) is 58.4 Å². The van der Waals surface area contributed by atoms with Crippen LogP contribution in [0, 0.1) is 0 Å². The number of hydrogen-bond donors (Lipinski definition) is 1. The van der Waals surface area contributed by atoms with Crippen LogP contribution in [0.4, 0.5) is 0 Å². The highest BCUT2D eigenvalue weighted by molar-refractivity contribution is 5.91. The monoisotopic (exact) mass is 289 g/mol. The van der Waals surface area contributed by atoms with E-state index >= 15 is 0 Å². The molecule has 0 spiro atoms. The van der Waals surface area contributed by atoms with Gasteiger partial charge in [0.25, 0.3) is 0 Å². The molecule has 1 N–H and O–H groups in total. The molecule has 0 bridgehead atoms. The summed E-state index contributed by atoms with van der Waals surface area (Å²) in [4.78, 5) is 12.2. The minimum Gasteiger partial charge on any atom is -0.462 e. The van der Waals surface area contributed by atoms with E-state index in [0.717, 1.165) is 37.9 Å². The molecule has 0 saturated carbocycles. The number of rotatable bonds is 8. The minimum atomic E-state index is -0.151. The molecule has 1 aromatic rings. The quantitative estimate of drug-likeness (QED) is 0.583. The summed E-state index contributed by atoms with van der Waals surface area (Å²) in [5.74, 6) is -0.151. The molecule has 0 unspecified atom stereocenters. The van der Waals surface area contributed by atoms with Gasteiger partial charge in [-0.15, -0.1) is 0 Å². The van der Waals surface area contributed by atoms with Gasteiger partial charge >= 0.3 is 5.97 Å². The Hall–Kier alpha value is -1.35. The molecule has 0 aromatic heterocycles. The van der Waals surface area contributed by atoms with E-state index in [1.807, 2.05) is 12.1 Å². The molecule has 116 valence electrons. The lowest BCUT2D eigenvalue weighted by Gasteiger charge is -2.19. The summed E-state index contributed by atoms with van der Waals surface area (Å²) >= 11 is 0. The molecule has 3 heteroatoms. The van der Waals surface area contributed by atoms with Gasteiger partial charge in [0.1, 0.15) is 0 Å². The zero-order chi connectivity index (χ0) is 14.9. The summed E-state index contributed by atoms with van der Waals surface area (Å²) in [5, 5.41) is 3.33. The van der Waals surface area contributed by atoms with Crippen LogP contribution in [0.2, 0.25) is 0 Å². The standard InChI is InChI=1S/C18H27NO2/c1-2-3-4-5-6-7-13-21-18(20)17-10-8-9-15-14-19-12-11-16(15)17/h8-10,19H,2-7,11-14H2,1H3. The predicted molar refractivity (Wildman–Crippen MR) is 85.5 cm³/mol. The van der Waals surface area contributed by atoms with Crippen molar-refractivity contribution in [1.82, 2.24) is 5.32 Å². The van der Waals surface area contributed by atoms with Crippen molar-refractivity contribution < 1.29 is 9.53 Å². The molecule has 0 atom stereocenters. The van der Waals surface area contributed by atoms with E-state index in [-0.39, 0.29) is 5.97 Å². The van der Waals surface area contributed by atoms with Crippen molar-refractivity contribution in [2.24, 2.45) is 0 Å². The van der Waals surface area contributed by atoms with Gasteiger partial charge in [0.05, 0.1) is 12.2 Å². The van der Waals surface area contributed by atoms with Gasteiger partial charge in [0, 0.05) is 6.54 Å². The van der Waals surface area contributed by atoms with Crippen molar-refractivity contribution in [1.29, 1.82) is 0 Å². The Labute approximate surface area is 128 Å². The summed E-state index contributed by atoms with van der Waals surface area (Å²) in [6, 6.07) is 5.94. The number of esters is 1. The molecule has 0 aliphatic carbocycles. The molecule has 21 heavy (non-hydrogen) atoms. The van der Waals surface area contributed by atoms with Crippen LogP contribution in [0.3, 0.4) is 0 Å². The van der Waals surface area contributed by atoms with Crippen LogP contribution in [0.25, 0.3) is 0 Å². The average molecular weight is 289 g/mol. The summed E-state index contributed by atoms with van der Waals surface area (Å²) in [6.07, 6.45) is 8.17. The number of fused-ring (bicyclic) bond motifs is 1. The Morgan fingerprint density at radius 1 is 1.19 bits per heavy atom. The van der Waals surface area contributed by atoms with Gasteiger partial charge in [-0.3, -0.25) is 0 Å². The van der Waals surface area contributed by atoms with Gasteiger partial charge in [-0.2, -0.15) is 0 Å². The van der Waals surface area contributed by atoms with Crippen LogP contribution in [-0.2, 0) is 17.7 Å². The molecule has 1 aromatic carbocycles. The van der Waals surface area contributed by atoms with Gasteiger partial charge in [-0.1, -0.05) is 51.2 Å². The van der Waals surface area contributed by atoms with E-state index in [4.69, 9.17) is 4.74 Å². The zero-order valence-electron chi connectivity index (χ0n) is 13.1. The van der Waals surface area contributed by atoms with E-state index in [1.54, 1.807) is 0 Å². The maximum Gasteiger partial charge on any atom is 0.338 e. The Morgan fingerprint density at radius 2 is 2.00 bits per heavy atom. The first-order valence-electron chi connectivity index (χ1n) is 8.31. The number of nitrogens with one attached hydrogen (secondary N) is 1. The van der Waals surface area contributed by atoms with Gasteiger partial charge < -0.3 is 10.1 Å². The first-order chi connectivity index (χ1) is 10.3. The van der Waals surface area contributed by atoms with Gasteiger partial charge in [0.2, 0.25) is 0 Å². The molecule has 3 nitrogen and oxygen atoms in total. The molecule has 0 saturated heterocycles. The lowest BCUT2D eigenvalue weighted by Crippen LogP contribution is -2.25. The van der Waals surface area contributed by atoms with E-state index in [2.05, 4.69) is 18.3 Å². The highest BCUT2D eigenvalue weighted by Crippen LogP contribution is 2.19. The third-order valence-corrected chi connectivity index (χ3v) is 4.09. The summed E-state index contributed by atoms with van der Waals surface area (Å²) in [6.45, 7) is 4.56. The second kappa shape index (κ2) is 8.83. The molecule has 2 rings (SSSR count). The Morgan fingerprint density at radius 3 is 2.86 bits per heavy atom. The van der Waals surface area contributed by atoms with Crippen LogP contribution >= 0.6 is 0 Å². The molecular formula is C18H27NO2. The second-order valence-electron chi connectivity index (χ2n) is 5.77. The van der Waals surface area contributed by atoms with Crippen molar-refractivity contribution in [2.75, 3.05) is 13.2 Å². The average Bonchev–Trinajstić information content (AvgIpc) is 2.53. The summed E-state index contributed by atoms with van der Waals surface area (Å²) in [5.41, 5.74) is 3.17. The minimum absolute atomic E-state index is 0.151. The molecule has 0 fully saturated rings. The fourth-order valence-electron chi connectivity index (χ4n) is 2.85. The van der Waals surface area contributed by atoms with Gasteiger partial charge in [0.15, 0.2) is 0 Å².